The lowest BCUT2D eigenvalue weighted by Crippen LogP contribution is -2.07. The van der Waals surface area contributed by atoms with E-state index < -0.39 is 0 Å². The van der Waals surface area contributed by atoms with Crippen LogP contribution in [0.2, 0.25) is 0 Å². The van der Waals surface area contributed by atoms with Crippen molar-refractivity contribution in [2.24, 2.45) is 11.8 Å². The third kappa shape index (κ3) is 6.03. The van der Waals surface area contributed by atoms with Gasteiger partial charge < -0.3 is 9.47 Å². The molecule has 0 radical (unpaired) electrons. The van der Waals surface area contributed by atoms with Crippen LogP contribution in [0.15, 0.2) is 48.5 Å². The second-order valence-corrected chi connectivity index (χ2v) is 8.03. The minimum absolute atomic E-state index is 0.441. The number of thiol groups is 2. The van der Waals surface area contributed by atoms with E-state index >= 15 is 0 Å². The minimum Gasteiger partial charge on any atom is -0.493 e. The third-order valence-electron chi connectivity index (χ3n) is 3.63. The Morgan fingerprint density at radius 3 is 2.04 bits per heavy atom. The van der Waals surface area contributed by atoms with E-state index in [-0.39, 0.29) is 0 Å². The Morgan fingerprint density at radius 2 is 1.42 bits per heavy atom. The Hall–Kier alpha value is -1.52. The van der Waals surface area contributed by atoms with Crippen LogP contribution in [0.25, 0.3) is 9.81 Å². The molecule has 0 heterocycles. The molecule has 0 aromatic heterocycles. The molecule has 0 aliphatic carbocycles. The first-order chi connectivity index (χ1) is 12.4. The normalized spacial score (nSPS) is 12.3. The highest BCUT2D eigenvalue weighted by Gasteiger charge is 2.13. The molecular weight excluding hydrogens is 360 g/mol. The summed E-state index contributed by atoms with van der Waals surface area (Å²) in [6.45, 7) is 9.84. The van der Waals surface area contributed by atoms with E-state index in [0.29, 0.717) is 25.0 Å². The standard InChI is InChI=1S/C22H28O2S2/c1-15(2)13-23-18-10-11-20(24-14-16(3)4)19(12-18)22(26)21(25)17-8-6-5-7-9-17/h5-12,15-16,25-26H,13-14H2,1-4H3. The van der Waals surface area contributed by atoms with Crippen LogP contribution < -0.4 is 9.47 Å². The maximum absolute atomic E-state index is 6.01. The van der Waals surface area contributed by atoms with Gasteiger partial charge in [0.2, 0.25) is 0 Å². The number of rotatable bonds is 8. The van der Waals surface area contributed by atoms with Crippen molar-refractivity contribution in [3.63, 3.8) is 0 Å². The average molecular weight is 389 g/mol. The molecule has 0 saturated carbocycles. The maximum atomic E-state index is 6.01. The molecule has 140 valence electrons. The summed E-state index contributed by atoms with van der Waals surface area (Å²) in [7, 11) is 0. The molecule has 0 atom stereocenters. The quantitative estimate of drug-likeness (QED) is 0.400. The topological polar surface area (TPSA) is 18.5 Å². The first-order valence-corrected chi connectivity index (χ1v) is 9.85. The zero-order valence-corrected chi connectivity index (χ0v) is 17.7. The van der Waals surface area contributed by atoms with E-state index in [9.17, 15) is 0 Å². The Morgan fingerprint density at radius 1 is 0.808 bits per heavy atom. The fraction of sp³-hybridized carbons (Fsp3) is 0.364. The van der Waals surface area contributed by atoms with Gasteiger partial charge in [0, 0.05) is 15.4 Å². The Kier molecular flexibility index (Phi) is 7.98. The highest BCUT2D eigenvalue weighted by molar-refractivity contribution is 7.96. The van der Waals surface area contributed by atoms with Gasteiger partial charge in [-0.25, -0.2) is 0 Å². The van der Waals surface area contributed by atoms with Gasteiger partial charge in [-0.1, -0.05) is 58.0 Å². The van der Waals surface area contributed by atoms with Crippen molar-refractivity contribution >= 4 is 35.1 Å². The molecule has 0 saturated heterocycles. The van der Waals surface area contributed by atoms with Gasteiger partial charge in [-0.05, 0) is 35.6 Å². The number of hydrogen-bond acceptors (Lipinski definition) is 4. The summed E-state index contributed by atoms with van der Waals surface area (Å²) in [6, 6.07) is 15.9. The highest BCUT2D eigenvalue weighted by Crippen LogP contribution is 2.38. The summed E-state index contributed by atoms with van der Waals surface area (Å²) < 4.78 is 11.9. The van der Waals surface area contributed by atoms with Gasteiger partial charge in [0.05, 0.1) is 13.2 Å². The summed E-state index contributed by atoms with van der Waals surface area (Å²) in [4.78, 5) is 1.58. The average Bonchev–Trinajstić information content (AvgIpc) is 2.64. The Balaban J connectivity index is 2.41. The van der Waals surface area contributed by atoms with Crippen molar-refractivity contribution in [1.82, 2.24) is 0 Å². The van der Waals surface area contributed by atoms with Gasteiger partial charge >= 0.3 is 0 Å². The zero-order chi connectivity index (χ0) is 19.1. The van der Waals surface area contributed by atoms with E-state index in [1.54, 1.807) is 0 Å². The van der Waals surface area contributed by atoms with Crippen molar-refractivity contribution in [3.8, 4) is 11.5 Å². The number of hydrogen-bond donors (Lipinski definition) is 2. The lowest BCUT2D eigenvalue weighted by Gasteiger charge is -2.17. The van der Waals surface area contributed by atoms with Crippen molar-refractivity contribution in [2.45, 2.75) is 27.7 Å². The summed E-state index contributed by atoms with van der Waals surface area (Å²) in [5, 5.41) is 0. The Labute approximate surface area is 168 Å². The third-order valence-corrected chi connectivity index (χ3v) is 4.76. The molecule has 2 rings (SSSR count). The highest BCUT2D eigenvalue weighted by atomic mass is 32.1. The smallest absolute Gasteiger partial charge is 0.127 e. The second-order valence-electron chi connectivity index (χ2n) is 7.13. The van der Waals surface area contributed by atoms with Crippen molar-refractivity contribution in [3.05, 3.63) is 59.7 Å². The molecule has 0 aliphatic rings. The van der Waals surface area contributed by atoms with Gasteiger partial charge in [0.25, 0.3) is 0 Å². The minimum atomic E-state index is 0.441. The largest absolute Gasteiger partial charge is 0.493 e. The SMILES string of the molecule is CC(C)COc1ccc(OCC(C)C)c(C(S)=C(S)c2ccccc2)c1. The zero-order valence-electron chi connectivity index (χ0n) is 15.9. The van der Waals surface area contributed by atoms with Crippen LogP contribution in [0.5, 0.6) is 11.5 Å². The van der Waals surface area contributed by atoms with Crippen LogP contribution >= 0.6 is 25.3 Å². The molecule has 0 aliphatic heterocycles. The van der Waals surface area contributed by atoms with E-state index in [2.05, 4.69) is 27.7 Å². The predicted octanol–water partition coefficient (Wildman–Crippen LogP) is 6.44. The molecule has 0 fully saturated rings. The van der Waals surface area contributed by atoms with Crippen LogP contribution in [0, 0.1) is 11.8 Å². The summed E-state index contributed by atoms with van der Waals surface area (Å²) >= 11 is 9.47. The molecule has 2 aromatic rings. The molecule has 26 heavy (non-hydrogen) atoms. The molecule has 4 heteroatoms. The molecule has 0 spiro atoms. The van der Waals surface area contributed by atoms with Crippen LogP contribution in [-0.2, 0) is 0 Å². The summed E-state index contributed by atoms with van der Waals surface area (Å²) in [6.07, 6.45) is 0. The van der Waals surface area contributed by atoms with Gasteiger partial charge in [-0.3, -0.25) is 0 Å². The first-order valence-electron chi connectivity index (χ1n) is 8.96. The fourth-order valence-electron chi connectivity index (χ4n) is 2.29. The number of ether oxygens (including phenoxy) is 2. The summed E-state index contributed by atoms with van der Waals surface area (Å²) in [5.41, 5.74) is 1.91. The van der Waals surface area contributed by atoms with E-state index in [1.807, 2.05) is 48.5 Å². The molecule has 0 bridgehead atoms. The van der Waals surface area contributed by atoms with Gasteiger partial charge in [0.1, 0.15) is 11.5 Å². The monoisotopic (exact) mass is 388 g/mol. The first kappa shape index (κ1) is 20.8. The molecule has 0 unspecified atom stereocenters. The number of benzene rings is 2. The molecule has 2 aromatic carbocycles. The lowest BCUT2D eigenvalue weighted by molar-refractivity contribution is 0.263. The van der Waals surface area contributed by atoms with Gasteiger partial charge in [0.15, 0.2) is 0 Å². The van der Waals surface area contributed by atoms with Crippen LogP contribution in [0.4, 0.5) is 0 Å². The molecule has 0 N–H and O–H groups in total. The molecule has 0 amide bonds. The van der Waals surface area contributed by atoms with E-state index in [4.69, 9.17) is 34.7 Å². The fourth-order valence-corrected chi connectivity index (χ4v) is 2.86. The van der Waals surface area contributed by atoms with Crippen LogP contribution in [-0.4, -0.2) is 13.2 Å². The van der Waals surface area contributed by atoms with Crippen molar-refractivity contribution in [1.29, 1.82) is 0 Å². The van der Waals surface area contributed by atoms with Crippen molar-refractivity contribution < 1.29 is 9.47 Å². The Bertz CT molecular complexity index is 737. The van der Waals surface area contributed by atoms with Crippen molar-refractivity contribution in [2.75, 3.05) is 13.2 Å². The van der Waals surface area contributed by atoms with E-state index in [0.717, 1.165) is 32.4 Å². The molecule has 2 nitrogen and oxygen atoms in total. The van der Waals surface area contributed by atoms with Crippen LogP contribution in [0.1, 0.15) is 38.8 Å². The summed E-state index contributed by atoms with van der Waals surface area (Å²) in [5.74, 6) is 2.51. The van der Waals surface area contributed by atoms with Gasteiger partial charge in [-0.15, -0.1) is 25.3 Å². The lowest BCUT2D eigenvalue weighted by atomic mass is 10.1. The second kappa shape index (κ2) is 9.98. The molecular formula is C22H28O2S2. The van der Waals surface area contributed by atoms with Gasteiger partial charge in [-0.2, -0.15) is 0 Å². The van der Waals surface area contributed by atoms with Crippen LogP contribution in [0.3, 0.4) is 0 Å². The maximum Gasteiger partial charge on any atom is 0.127 e. The predicted molar refractivity (Wildman–Crippen MR) is 118 cm³/mol. The van der Waals surface area contributed by atoms with E-state index in [1.165, 1.54) is 0 Å².